The van der Waals surface area contributed by atoms with Gasteiger partial charge in [0.1, 0.15) is 11.9 Å². The van der Waals surface area contributed by atoms with E-state index >= 15 is 0 Å². The van der Waals surface area contributed by atoms with Gasteiger partial charge in [-0.2, -0.15) is 0 Å². The van der Waals surface area contributed by atoms with Crippen LogP contribution in [0.4, 0.5) is 4.39 Å². The van der Waals surface area contributed by atoms with Gasteiger partial charge in [-0.3, -0.25) is 9.59 Å². The predicted octanol–water partition coefficient (Wildman–Crippen LogP) is 5.61. The predicted molar refractivity (Wildman–Crippen MR) is 141 cm³/mol. The summed E-state index contributed by atoms with van der Waals surface area (Å²) in [6.07, 6.45) is 1.24. The Hall–Kier alpha value is -3.12. The zero-order valence-corrected chi connectivity index (χ0v) is 21.1. The molecule has 184 valence electrons. The molecule has 1 N–H and O–H groups in total. The number of amides is 2. The molecular weight excluding hydrogens is 459 g/mol. The number of carbonyl (C=O) groups excluding carboxylic acids is 2. The molecule has 0 radical (unpaired) electrons. The van der Waals surface area contributed by atoms with Crippen molar-refractivity contribution in [2.24, 2.45) is 0 Å². The number of nitrogens with one attached hydrogen (secondary N) is 1. The molecule has 2 atom stereocenters. The quantitative estimate of drug-likeness (QED) is 0.357. The average Bonchev–Trinajstić information content (AvgIpc) is 2.88. The van der Waals surface area contributed by atoms with Crippen LogP contribution in [-0.2, 0) is 28.3 Å². The lowest BCUT2D eigenvalue weighted by atomic mass is 10.0. The Labute approximate surface area is 211 Å². The topological polar surface area (TPSA) is 49.4 Å². The highest BCUT2D eigenvalue weighted by Gasteiger charge is 2.30. The van der Waals surface area contributed by atoms with Gasteiger partial charge < -0.3 is 10.2 Å². The largest absolute Gasteiger partial charge is 0.352 e. The minimum atomic E-state index is -0.634. The van der Waals surface area contributed by atoms with Crippen molar-refractivity contribution in [3.8, 4) is 0 Å². The molecule has 3 aromatic rings. The van der Waals surface area contributed by atoms with Crippen LogP contribution in [0.15, 0.2) is 84.9 Å². The van der Waals surface area contributed by atoms with Gasteiger partial charge in [0.2, 0.25) is 11.8 Å². The normalized spacial score (nSPS) is 12.5. The van der Waals surface area contributed by atoms with Crippen molar-refractivity contribution in [1.82, 2.24) is 10.2 Å². The Morgan fingerprint density at radius 3 is 2.09 bits per heavy atom. The fourth-order valence-electron chi connectivity index (χ4n) is 3.69. The number of rotatable bonds is 12. The van der Waals surface area contributed by atoms with E-state index in [0.717, 1.165) is 23.1 Å². The van der Waals surface area contributed by atoms with Crippen LogP contribution >= 0.6 is 11.8 Å². The van der Waals surface area contributed by atoms with E-state index in [0.29, 0.717) is 18.7 Å². The molecule has 0 bridgehead atoms. The van der Waals surface area contributed by atoms with Gasteiger partial charge in [-0.25, -0.2) is 4.39 Å². The molecule has 0 saturated carbocycles. The van der Waals surface area contributed by atoms with Crippen LogP contribution in [-0.4, -0.2) is 34.6 Å². The maximum atomic E-state index is 13.5. The molecule has 2 amide bonds. The monoisotopic (exact) mass is 492 g/mol. The van der Waals surface area contributed by atoms with Crippen LogP contribution in [0.25, 0.3) is 0 Å². The summed E-state index contributed by atoms with van der Waals surface area (Å²) in [5.41, 5.74) is 2.93. The zero-order valence-electron chi connectivity index (χ0n) is 20.3. The lowest BCUT2D eigenvalue weighted by Crippen LogP contribution is -2.52. The standard InChI is InChI=1S/C29H33FN2O2S/c1-3-22(2)31-29(34)27(18-23-10-6-4-7-11-23)32(19-24-12-8-5-9-13-24)28(33)21-35-20-25-14-16-26(30)17-15-25/h4-17,22,27H,3,18-21H2,1-2H3,(H,31,34)/t22-,27+/m0/s1. The first-order chi connectivity index (χ1) is 17.0. The van der Waals surface area contributed by atoms with Crippen molar-refractivity contribution < 1.29 is 14.0 Å². The van der Waals surface area contributed by atoms with Gasteiger partial charge in [0.25, 0.3) is 0 Å². The first-order valence-corrected chi connectivity index (χ1v) is 13.1. The Bertz CT molecular complexity index is 1060. The van der Waals surface area contributed by atoms with Gasteiger partial charge >= 0.3 is 0 Å². The van der Waals surface area contributed by atoms with E-state index in [2.05, 4.69) is 5.32 Å². The van der Waals surface area contributed by atoms with Gasteiger partial charge in [-0.15, -0.1) is 11.8 Å². The van der Waals surface area contributed by atoms with E-state index in [4.69, 9.17) is 0 Å². The Morgan fingerprint density at radius 1 is 0.886 bits per heavy atom. The first-order valence-electron chi connectivity index (χ1n) is 12.0. The Balaban J connectivity index is 1.82. The number of carbonyl (C=O) groups is 2. The van der Waals surface area contributed by atoms with Gasteiger partial charge in [-0.1, -0.05) is 79.7 Å². The van der Waals surface area contributed by atoms with Crippen LogP contribution in [0.2, 0.25) is 0 Å². The third-order valence-corrected chi connectivity index (χ3v) is 6.86. The van der Waals surface area contributed by atoms with E-state index in [1.165, 1.54) is 23.9 Å². The zero-order chi connectivity index (χ0) is 25.0. The summed E-state index contributed by atoms with van der Waals surface area (Å²) in [5, 5.41) is 3.08. The number of hydrogen-bond acceptors (Lipinski definition) is 3. The molecule has 0 aliphatic carbocycles. The van der Waals surface area contributed by atoms with Gasteiger partial charge in [0.05, 0.1) is 5.75 Å². The molecule has 0 heterocycles. The van der Waals surface area contributed by atoms with Crippen molar-refractivity contribution in [1.29, 1.82) is 0 Å². The fourth-order valence-corrected chi connectivity index (χ4v) is 4.57. The SMILES string of the molecule is CC[C@H](C)NC(=O)[C@@H](Cc1ccccc1)N(Cc1ccccc1)C(=O)CSCc1ccc(F)cc1. The summed E-state index contributed by atoms with van der Waals surface area (Å²) in [6, 6.07) is 25.2. The van der Waals surface area contributed by atoms with Crippen molar-refractivity contribution in [3.05, 3.63) is 107 Å². The molecule has 0 fully saturated rings. The van der Waals surface area contributed by atoms with Gasteiger partial charge in [-0.05, 0) is 42.2 Å². The maximum Gasteiger partial charge on any atom is 0.243 e. The molecular formula is C29H33FN2O2S. The molecule has 6 heteroatoms. The summed E-state index contributed by atoms with van der Waals surface area (Å²) in [5.74, 6) is 0.303. The molecule has 3 aromatic carbocycles. The highest BCUT2D eigenvalue weighted by molar-refractivity contribution is 7.99. The Kier molecular flexibility index (Phi) is 10.4. The van der Waals surface area contributed by atoms with Gasteiger partial charge in [0.15, 0.2) is 0 Å². The smallest absolute Gasteiger partial charge is 0.243 e. The van der Waals surface area contributed by atoms with Crippen LogP contribution < -0.4 is 5.32 Å². The van der Waals surface area contributed by atoms with E-state index in [9.17, 15) is 14.0 Å². The molecule has 0 spiro atoms. The number of hydrogen-bond donors (Lipinski definition) is 1. The summed E-state index contributed by atoms with van der Waals surface area (Å²) < 4.78 is 13.2. The molecule has 0 aliphatic heterocycles. The van der Waals surface area contributed by atoms with Gasteiger partial charge in [0, 0.05) is 24.8 Å². The minimum absolute atomic E-state index is 0.0160. The van der Waals surface area contributed by atoms with Crippen LogP contribution in [0, 0.1) is 5.82 Å². The molecule has 3 rings (SSSR count). The summed E-state index contributed by atoms with van der Waals surface area (Å²) in [7, 11) is 0. The van der Waals surface area contributed by atoms with E-state index in [1.807, 2.05) is 74.5 Å². The first kappa shape index (κ1) is 26.5. The summed E-state index contributed by atoms with van der Waals surface area (Å²) >= 11 is 1.47. The van der Waals surface area contributed by atoms with Crippen LogP contribution in [0.5, 0.6) is 0 Å². The average molecular weight is 493 g/mol. The van der Waals surface area contributed by atoms with Crippen LogP contribution in [0.1, 0.15) is 37.0 Å². The highest BCUT2D eigenvalue weighted by atomic mass is 32.2. The lowest BCUT2D eigenvalue weighted by molar-refractivity contribution is -0.139. The highest BCUT2D eigenvalue weighted by Crippen LogP contribution is 2.19. The minimum Gasteiger partial charge on any atom is -0.352 e. The third-order valence-electron chi connectivity index (χ3n) is 5.88. The summed E-state index contributed by atoms with van der Waals surface area (Å²) in [6.45, 7) is 4.34. The lowest BCUT2D eigenvalue weighted by Gasteiger charge is -2.32. The Morgan fingerprint density at radius 2 is 1.49 bits per heavy atom. The molecule has 4 nitrogen and oxygen atoms in total. The maximum absolute atomic E-state index is 13.5. The second-order valence-electron chi connectivity index (χ2n) is 8.65. The summed E-state index contributed by atoms with van der Waals surface area (Å²) in [4.78, 5) is 28.7. The molecule has 0 saturated heterocycles. The van der Waals surface area contributed by atoms with Crippen molar-refractivity contribution in [2.45, 2.75) is 51.1 Å². The number of halogens is 1. The van der Waals surface area contributed by atoms with Crippen molar-refractivity contribution in [2.75, 3.05) is 5.75 Å². The van der Waals surface area contributed by atoms with E-state index in [1.54, 1.807) is 17.0 Å². The number of nitrogens with zero attached hydrogens (tertiary/aromatic N) is 1. The molecule has 0 aliphatic rings. The molecule has 0 aromatic heterocycles. The number of benzene rings is 3. The number of thioether (sulfide) groups is 1. The van der Waals surface area contributed by atoms with E-state index in [-0.39, 0.29) is 29.4 Å². The van der Waals surface area contributed by atoms with E-state index < -0.39 is 6.04 Å². The third kappa shape index (κ3) is 8.55. The second-order valence-corrected chi connectivity index (χ2v) is 9.64. The molecule has 35 heavy (non-hydrogen) atoms. The van der Waals surface area contributed by atoms with Crippen LogP contribution in [0.3, 0.4) is 0 Å². The second kappa shape index (κ2) is 13.7. The van der Waals surface area contributed by atoms with Crippen molar-refractivity contribution >= 4 is 23.6 Å². The fraction of sp³-hybridized carbons (Fsp3) is 0.310. The molecule has 0 unspecified atom stereocenters. The van der Waals surface area contributed by atoms with Crippen molar-refractivity contribution in [3.63, 3.8) is 0 Å².